The molecule has 0 radical (unpaired) electrons. The van der Waals surface area contributed by atoms with Crippen LogP contribution in [0.3, 0.4) is 0 Å². The van der Waals surface area contributed by atoms with Gasteiger partial charge in [-0.05, 0) is 38.8 Å². The highest BCUT2D eigenvalue weighted by molar-refractivity contribution is 5.97. The van der Waals surface area contributed by atoms with Crippen molar-refractivity contribution in [3.8, 4) is 0 Å². The first-order valence-electron chi connectivity index (χ1n) is 12.4. The van der Waals surface area contributed by atoms with Crippen molar-refractivity contribution in [3.63, 3.8) is 0 Å². The van der Waals surface area contributed by atoms with Crippen LogP contribution in [0.15, 0.2) is 35.3 Å². The smallest absolute Gasteiger partial charge is 0.330 e. The van der Waals surface area contributed by atoms with Crippen molar-refractivity contribution in [2.75, 3.05) is 31.6 Å². The van der Waals surface area contributed by atoms with Gasteiger partial charge in [0.2, 0.25) is 24.1 Å². The lowest BCUT2D eigenvalue weighted by molar-refractivity contribution is -0.139. The lowest BCUT2D eigenvalue weighted by Crippen LogP contribution is -2.44. The van der Waals surface area contributed by atoms with Crippen molar-refractivity contribution in [1.82, 2.24) is 20.1 Å². The van der Waals surface area contributed by atoms with Crippen molar-refractivity contribution in [1.29, 1.82) is 0 Å². The van der Waals surface area contributed by atoms with Crippen molar-refractivity contribution in [3.05, 3.63) is 40.8 Å². The van der Waals surface area contributed by atoms with E-state index in [2.05, 4.69) is 16.0 Å². The second-order valence-corrected chi connectivity index (χ2v) is 8.17. The molecule has 4 amide bonds. The Kier molecular flexibility index (Phi) is 14.9. The second kappa shape index (κ2) is 17.9. The average Bonchev–Trinajstić information content (AvgIpc) is 2.89. The summed E-state index contributed by atoms with van der Waals surface area (Å²) in [6.07, 6.45) is 4.13. The van der Waals surface area contributed by atoms with Gasteiger partial charge in [-0.25, -0.2) is 4.79 Å². The van der Waals surface area contributed by atoms with Gasteiger partial charge in [-0.15, -0.1) is 0 Å². The van der Waals surface area contributed by atoms with Crippen LogP contribution in [-0.2, 0) is 40.0 Å². The predicted molar refractivity (Wildman–Crippen MR) is 139 cm³/mol. The number of carboxylic acids is 1. The van der Waals surface area contributed by atoms with Gasteiger partial charge in [-0.3, -0.25) is 28.8 Å². The molecular formula is C25H35N5O9. The number of carboxylic acid groups (broad SMARTS) is 1. The third kappa shape index (κ3) is 13.0. The Morgan fingerprint density at radius 2 is 1.90 bits per heavy atom. The zero-order chi connectivity index (χ0) is 29.2. The number of amides is 4. The Morgan fingerprint density at radius 3 is 2.54 bits per heavy atom. The molecule has 1 rings (SSSR count). The van der Waals surface area contributed by atoms with Crippen molar-refractivity contribution < 1.29 is 38.6 Å². The number of carbonyl (C=O) groups excluding carboxylic acids is 5. The highest BCUT2D eigenvalue weighted by atomic mass is 16.5. The minimum absolute atomic E-state index is 0.0412. The minimum Gasteiger partial charge on any atom is -0.481 e. The number of hydrogen-bond acceptors (Lipinski definition) is 8. The molecule has 0 aliphatic heterocycles. The fourth-order valence-electron chi connectivity index (χ4n) is 3.20. The molecule has 0 bridgehead atoms. The summed E-state index contributed by atoms with van der Waals surface area (Å²) in [5.41, 5.74) is -0.803. The fourth-order valence-corrected chi connectivity index (χ4v) is 3.20. The van der Waals surface area contributed by atoms with E-state index in [1.165, 1.54) is 35.4 Å². The van der Waals surface area contributed by atoms with Gasteiger partial charge in [0.25, 0.3) is 5.56 Å². The standard InChI is InChI=1S/C25H35N5O9/c1-3-29(17-31)15-13-26-21(33)16-30-14-7-9-19(25(30)38)28-24(37)18(27-20(32)11-12-22(34)35)8-5-6-10-23(36)39-4-2/h6-7,9-10,14,17-18H,3-5,8,11-13,15-16H2,1-2H3,(H,26,33)(H,27,32)(H,28,37)(H,34,35)/b10-6+/t18-/m0/s1. The first-order chi connectivity index (χ1) is 18.6. The number of nitrogens with zero attached hydrogens (tertiary/aromatic N) is 2. The molecule has 4 N–H and O–H groups in total. The fraction of sp³-hybridized carbons (Fsp3) is 0.480. The Hall–Kier alpha value is -4.49. The van der Waals surface area contributed by atoms with Crippen LogP contribution >= 0.6 is 0 Å². The first kappa shape index (κ1) is 32.5. The normalized spacial score (nSPS) is 11.3. The zero-order valence-corrected chi connectivity index (χ0v) is 22.0. The van der Waals surface area contributed by atoms with Crippen molar-refractivity contribution in [2.45, 2.75) is 52.1 Å². The summed E-state index contributed by atoms with van der Waals surface area (Å²) in [5, 5.41) is 16.3. The first-order valence-corrected chi connectivity index (χ1v) is 12.4. The molecule has 0 unspecified atom stereocenters. The van der Waals surface area contributed by atoms with Crippen LogP contribution in [0.1, 0.15) is 39.5 Å². The molecule has 0 saturated carbocycles. The summed E-state index contributed by atoms with van der Waals surface area (Å²) >= 11 is 0. The van der Waals surface area contributed by atoms with E-state index in [1.807, 2.05) is 0 Å². The largest absolute Gasteiger partial charge is 0.481 e. The maximum Gasteiger partial charge on any atom is 0.330 e. The van der Waals surface area contributed by atoms with Gasteiger partial charge in [0.15, 0.2) is 0 Å². The number of nitrogens with one attached hydrogen (secondary N) is 3. The van der Waals surface area contributed by atoms with Crippen LogP contribution in [0.25, 0.3) is 0 Å². The van der Waals surface area contributed by atoms with Gasteiger partial charge >= 0.3 is 11.9 Å². The quantitative estimate of drug-likeness (QED) is 0.107. The highest BCUT2D eigenvalue weighted by Gasteiger charge is 2.22. The molecule has 0 aliphatic carbocycles. The van der Waals surface area contributed by atoms with Crippen LogP contribution in [-0.4, -0.2) is 82.9 Å². The SMILES string of the molecule is CCOC(=O)/C=C/CC[C@H](NC(=O)CCC(=O)O)C(=O)Nc1cccn(CC(=O)NCCN(C=O)CC)c1=O. The maximum atomic E-state index is 12.9. The summed E-state index contributed by atoms with van der Waals surface area (Å²) in [4.78, 5) is 84.7. The van der Waals surface area contributed by atoms with Gasteiger partial charge in [-0.2, -0.15) is 0 Å². The molecule has 1 heterocycles. The molecule has 0 saturated heterocycles. The number of esters is 1. The number of ether oxygens (including phenoxy) is 1. The molecule has 0 fully saturated rings. The summed E-state index contributed by atoms with van der Waals surface area (Å²) in [7, 11) is 0. The van der Waals surface area contributed by atoms with E-state index in [0.717, 1.165) is 4.57 Å². The number of aliphatic carboxylic acids is 1. The Bertz CT molecular complexity index is 1100. The van der Waals surface area contributed by atoms with Crippen LogP contribution in [0, 0.1) is 0 Å². The van der Waals surface area contributed by atoms with Gasteiger partial charge in [0.05, 0.1) is 13.0 Å². The molecule has 1 aromatic rings. The zero-order valence-electron chi connectivity index (χ0n) is 22.0. The van der Waals surface area contributed by atoms with Gasteiger partial charge in [0, 0.05) is 38.3 Å². The van der Waals surface area contributed by atoms with E-state index in [-0.39, 0.29) is 44.6 Å². The number of allylic oxidation sites excluding steroid dienone is 1. The van der Waals surface area contributed by atoms with E-state index >= 15 is 0 Å². The number of rotatable bonds is 18. The predicted octanol–water partition coefficient (Wildman–Crippen LogP) is -0.370. The number of anilines is 1. The lowest BCUT2D eigenvalue weighted by Gasteiger charge is -2.18. The van der Waals surface area contributed by atoms with Gasteiger partial charge < -0.3 is 35.3 Å². The third-order valence-corrected chi connectivity index (χ3v) is 5.25. The Balaban J connectivity index is 2.89. The molecule has 39 heavy (non-hydrogen) atoms. The lowest BCUT2D eigenvalue weighted by atomic mass is 10.1. The minimum atomic E-state index is -1.18. The molecular weight excluding hydrogens is 514 g/mol. The summed E-state index contributed by atoms with van der Waals surface area (Å²) in [6, 6.07) is 1.65. The van der Waals surface area contributed by atoms with E-state index in [9.17, 15) is 33.6 Å². The van der Waals surface area contributed by atoms with E-state index in [1.54, 1.807) is 13.8 Å². The third-order valence-electron chi connectivity index (χ3n) is 5.25. The van der Waals surface area contributed by atoms with E-state index in [0.29, 0.717) is 19.5 Å². The molecule has 214 valence electrons. The Labute approximate surface area is 225 Å². The number of carbonyl (C=O) groups is 6. The average molecular weight is 550 g/mol. The number of aromatic nitrogens is 1. The Morgan fingerprint density at radius 1 is 1.15 bits per heavy atom. The number of likely N-dealkylation sites (N-methyl/N-ethyl adjacent to an activating group) is 1. The van der Waals surface area contributed by atoms with E-state index in [4.69, 9.17) is 9.84 Å². The number of hydrogen-bond donors (Lipinski definition) is 4. The van der Waals surface area contributed by atoms with E-state index < -0.39 is 47.7 Å². The number of pyridine rings is 1. The van der Waals surface area contributed by atoms with Gasteiger partial charge in [-0.1, -0.05) is 6.08 Å². The van der Waals surface area contributed by atoms with Gasteiger partial charge in [0.1, 0.15) is 18.3 Å². The summed E-state index contributed by atoms with van der Waals surface area (Å²) < 4.78 is 5.86. The molecule has 1 atom stereocenters. The molecule has 0 aliphatic rings. The molecule has 0 spiro atoms. The van der Waals surface area contributed by atoms with Crippen molar-refractivity contribution in [2.24, 2.45) is 0 Å². The monoisotopic (exact) mass is 549 g/mol. The van der Waals surface area contributed by atoms with Crippen molar-refractivity contribution >= 4 is 41.8 Å². The van der Waals surface area contributed by atoms with Crippen LogP contribution < -0.4 is 21.5 Å². The summed E-state index contributed by atoms with van der Waals surface area (Å²) in [5.74, 6) is -3.63. The maximum absolute atomic E-state index is 12.9. The molecule has 1 aromatic heterocycles. The summed E-state index contributed by atoms with van der Waals surface area (Å²) in [6.45, 7) is 4.31. The molecule has 14 nitrogen and oxygen atoms in total. The van der Waals surface area contributed by atoms with Crippen LogP contribution in [0.2, 0.25) is 0 Å². The highest BCUT2D eigenvalue weighted by Crippen LogP contribution is 2.06. The second-order valence-electron chi connectivity index (χ2n) is 8.17. The molecule has 0 aromatic carbocycles. The topological polar surface area (TPSA) is 193 Å². The van der Waals surface area contributed by atoms with Crippen LogP contribution in [0.5, 0.6) is 0 Å². The molecule has 14 heteroatoms. The van der Waals surface area contributed by atoms with Crippen LogP contribution in [0.4, 0.5) is 5.69 Å².